The van der Waals surface area contributed by atoms with Gasteiger partial charge in [-0.25, -0.2) is 4.98 Å². The third-order valence-electron chi connectivity index (χ3n) is 5.89. The average molecular weight is 474 g/mol. The van der Waals surface area contributed by atoms with Crippen LogP contribution in [0.15, 0.2) is 109 Å². The van der Waals surface area contributed by atoms with Crippen LogP contribution in [-0.4, -0.2) is 15.0 Å². The van der Waals surface area contributed by atoms with E-state index >= 15 is 0 Å². The molecular weight excluding hydrogens is 450 g/mol. The Morgan fingerprint density at radius 3 is 2.20 bits per heavy atom. The van der Waals surface area contributed by atoms with Crippen LogP contribution in [0.3, 0.4) is 0 Å². The Morgan fingerprint density at radius 2 is 1.54 bits per heavy atom. The minimum absolute atomic E-state index is 0.0556. The van der Waals surface area contributed by atoms with Gasteiger partial charge in [0.2, 0.25) is 0 Å². The highest BCUT2D eigenvalue weighted by Crippen LogP contribution is 2.37. The van der Waals surface area contributed by atoms with Gasteiger partial charge in [-0.1, -0.05) is 54.6 Å². The maximum Gasteiger partial charge on any atom is 0.107 e. The Balaban J connectivity index is 1.51. The first-order chi connectivity index (χ1) is 17.3. The predicted molar refractivity (Wildman–Crippen MR) is 139 cm³/mol. The summed E-state index contributed by atoms with van der Waals surface area (Å²) in [6, 6.07) is 28.2. The van der Waals surface area contributed by atoms with Crippen molar-refractivity contribution in [2.45, 2.75) is 18.5 Å². The highest BCUT2D eigenvalue weighted by Gasteiger charge is 2.27. The van der Waals surface area contributed by atoms with E-state index in [-0.39, 0.29) is 12.0 Å². The number of hydrogen-bond acceptors (Lipinski definition) is 6. The maximum absolute atomic E-state index is 9.54. The number of nitriles is 1. The molecule has 0 radical (unpaired) electrons. The Labute approximate surface area is 208 Å². The molecule has 170 valence electrons. The molecule has 0 saturated heterocycles. The van der Waals surface area contributed by atoms with Crippen LogP contribution in [0, 0.1) is 11.3 Å². The molecule has 1 atom stereocenters. The molecular formula is C29H23N5S. The molecule has 0 saturated carbocycles. The highest BCUT2D eigenvalue weighted by atomic mass is 32.1. The van der Waals surface area contributed by atoms with Gasteiger partial charge < -0.3 is 5.32 Å². The average Bonchev–Trinajstić information content (AvgIpc) is 3.41. The van der Waals surface area contributed by atoms with Crippen LogP contribution in [0.5, 0.6) is 0 Å². The second-order valence-corrected chi connectivity index (χ2v) is 9.08. The first-order valence-electron chi connectivity index (χ1n) is 11.3. The summed E-state index contributed by atoms with van der Waals surface area (Å²) in [5.41, 5.74) is 5.89. The lowest BCUT2D eigenvalue weighted by molar-refractivity contribution is 0.481. The monoisotopic (exact) mass is 473 g/mol. The molecule has 2 aromatic carbocycles. The zero-order valence-electron chi connectivity index (χ0n) is 19.0. The van der Waals surface area contributed by atoms with E-state index in [1.807, 2.05) is 60.9 Å². The Kier molecular flexibility index (Phi) is 7.00. The number of benzene rings is 2. The van der Waals surface area contributed by atoms with Crippen LogP contribution in [0.4, 0.5) is 0 Å². The second-order valence-electron chi connectivity index (χ2n) is 8.14. The van der Waals surface area contributed by atoms with E-state index in [0.29, 0.717) is 12.1 Å². The normalized spacial score (nSPS) is 11.8. The van der Waals surface area contributed by atoms with E-state index < -0.39 is 0 Å². The van der Waals surface area contributed by atoms with Crippen molar-refractivity contribution >= 4 is 11.3 Å². The number of nitrogens with zero attached hydrogens (tertiary/aromatic N) is 4. The van der Waals surface area contributed by atoms with Gasteiger partial charge in [-0.05, 0) is 41.0 Å². The predicted octanol–water partition coefficient (Wildman–Crippen LogP) is 6.13. The smallest absolute Gasteiger partial charge is 0.107 e. The van der Waals surface area contributed by atoms with Crippen molar-refractivity contribution in [3.8, 4) is 17.3 Å². The van der Waals surface area contributed by atoms with Gasteiger partial charge in [-0.3, -0.25) is 9.97 Å². The van der Waals surface area contributed by atoms with E-state index in [2.05, 4.69) is 57.1 Å². The van der Waals surface area contributed by atoms with Crippen molar-refractivity contribution in [2.24, 2.45) is 0 Å². The summed E-state index contributed by atoms with van der Waals surface area (Å²) in [7, 11) is 0. The lowest BCUT2D eigenvalue weighted by Crippen LogP contribution is -2.28. The number of rotatable bonds is 8. The summed E-state index contributed by atoms with van der Waals surface area (Å²) in [6.45, 7) is 0.593. The summed E-state index contributed by atoms with van der Waals surface area (Å²) in [5, 5.41) is 16.4. The molecule has 1 N–H and O–H groups in total. The molecule has 0 bridgehead atoms. The van der Waals surface area contributed by atoms with Gasteiger partial charge in [-0.2, -0.15) is 5.26 Å². The fourth-order valence-corrected chi connectivity index (χ4v) is 5.01. The molecule has 6 heteroatoms. The van der Waals surface area contributed by atoms with E-state index in [1.54, 1.807) is 23.7 Å². The maximum atomic E-state index is 9.54. The van der Waals surface area contributed by atoms with Gasteiger partial charge in [0.15, 0.2) is 0 Å². The SMILES string of the molecule is N#Cc1cccc(C(NCc2nc(-c3ccccc3)cs2)C(c2cccnc2)c2cccnc2)c1. The highest BCUT2D eigenvalue weighted by molar-refractivity contribution is 7.09. The lowest BCUT2D eigenvalue weighted by atomic mass is 9.82. The third-order valence-corrected chi connectivity index (χ3v) is 6.74. The van der Waals surface area contributed by atoms with Crippen molar-refractivity contribution in [2.75, 3.05) is 0 Å². The summed E-state index contributed by atoms with van der Waals surface area (Å²) in [6.07, 6.45) is 7.36. The standard InChI is InChI=1S/C29H23N5S/c30-16-21-7-4-10-23(15-21)29(28(24-11-5-13-31-17-24)25-12-6-14-32-18-25)33-19-27-34-26(20-35-27)22-8-2-1-3-9-22/h1-15,17-18,20,28-29,33H,19H2. The number of aromatic nitrogens is 3. The van der Waals surface area contributed by atoms with Crippen LogP contribution in [-0.2, 0) is 6.54 Å². The van der Waals surface area contributed by atoms with Crippen molar-refractivity contribution < 1.29 is 0 Å². The van der Waals surface area contributed by atoms with Crippen molar-refractivity contribution in [3.05, 3.63) is 136 Å². The lowest BCUT2D eigenvalue weighted by Gasteiger charge is -2.29. The number of hydrogen-bond donors (Lipinski definition) is 1. The quantitative estimate of drug-likeness (QED) is 0.293. The van der Waals surface area contributed by atoms with Gasteiger partial charge in [0, 0.05) is 54.2 Å². The second kappa shape index (κ2) is 10.8. The molecule has 0 aliphatic carbocycles. The fraction of sp³-hybridized carbons (Fsp3) is 0.103. The Morgan fingerprint density at radius 1 is 0.829 bits per heavy atom. The molecule has 0 aliphatic heterocycles. The van der Waals surface area contributed by atoms with Crippen LogP contribution in [0.2, 0.25) is 0 Å². The molecule has 0 aliphatic rings. The van der Waals surface area contributed by atoms with Gasteiger partial charge in [-0.15, -0.1) is 11.3 Å². The molecule has 35 heavy (non-hydrogen) atoms. The minimum atomic E-state index is -0.124. The largest absolute Gasteiger partial charge is 0.303 e. The number of thiazole rings is 1. The van der Waals surface area contributed by atoms with E-state index in [4.69, 9.17) is 4.98 Å². The first kappa shape index (κ1) is 22.6. The van der Waals surface area contributed by atoms with Crippen LogP contribution >= 0.6 is 11.3 Å². The Bertz CT molecular complexity index is 1370. The van der Waals surface area contributed by atoms with Crippen LogP contribution in [0.25, 0.3) is 11.3 Å². The van der Waals surface area contributed by atoms with Gasteiger partial charge in [0.25, 0.3) is 0 Å². The minimum Gasteiger partial charge on any atom is -0.303 e. The topological polar surface area (TPSA) is 74.5 Å². The molecule has 0 amide bonds. The molecule has 0 fully saturated rings. The molecule has 5 nitrogen and oxygen atoms in total. The molecule has 5 aromatic rings. The van der Waals surface area contributed by atoms with Crippen molar-refractivity contribution in [1.82, 2.24) is 20.3 Å². The fourth-order valence-electron chi connectivity index (χ4n) is 4.26. The summed E-state index contributed by atoms with van der Waals surface area (Å²) >= 11 is 1.64. The number of nitrogens with one attached hydrogen (secondary N) is 1. The van der Waals surface area contributed by atoms with Gasteiger partial charge in [0.05, 0.1) is 17.3 Å². The summed E-state index contributed by atoms with van der Waals surface area (Å²) < 4.78 is 0. The molecule has 3 aromatic heterocycles. The molecule has 5 rings (SSSR count). The summed E-state index contributed by atoms with van der Waals surface area (Å²) in [4.78, 5) is 13.6. The van der Waals surface area contributed by atoms with Crippen LogP contribution in [0.1, 0.15) is 39.2 Å². The summed E-state index contributed by atoms with van der Waals surface area (Å²) in [5.74, 6) is -0.0556. The number of pyridine rings is 2. The van der Waals surface area contributed by atoms with E-state index in [0.717, 1.165) is 33.0 Å². The zero-order chi connectivity index (χ0) is 23.9. The third kappa shape index (κ3) is 5.33. The zero-order valence-corrected chi connectivity index (χ0v) is 19.8. The van der Waals surface area contributed by atoms with Crippen molar-refractivity contribution in [3.63, 3.8) is 0 Å². The first-order valence-corrected chi connectivity index (χ1v) is 12.2. The van der Waals surface area contributed by atoms with Gasteiger partial charge in [0.1, 0.15) is 5.01 Å². The molecule has 0 spiro atoms. The van der Waals surface area contributed by atoms with Crippen LogP contribution < -0.4 is 5.32 Å². The molecule has 3 heterocycles. The van der Waals surface area contributed by atoms with Crippen molar-refractivity contribution in [1.29, 1.82) is 5.26 Å². The Hall–Kier alpha value is -4.18. The van der Waals surface area contributed by atoms with Gasteiger partial charge >= 0.3 is 0 Å². The van der Waals surface area contributed by atoms with E-state index in [1.165, 1.54) is 0 Å². The molecule has 1 unspecified atom stereocenters. The van der Waals surface area contributed by atoms with E-state index in [9.17, 15) is 5.26 Å².